The first kappa shape index (κ1) is 21.8. The van der Waals surface area contributed by atoms with Crippen LogP contribution in [0.3, 0.4) is 0 Å². The van der Waals surface area contributed by atoms with E-state index in [1.165, 1.54) is 24.3 Å². The van der Waals surface area contributed by atoms with Gasteiger partial charge in [0.25, 0.3) is 0 Å². The minimum Gasteiger partial charge on any atom is -0.341 e. The van der Waals surface area contributed by atoms with Crippen molar-refractivity contribution in [3.63, 3.8) is 0 Å². The molecule has 0 saturated heterocycles. The fraction of sp³-hybridized carbons (Fsp3) is 0.158. The Hall–Kier alpha value is -3.53. The minimum absolute atomic E-state index is 0.0290. The standard InChI is InChI=1S/C19H10F7N3/c20-16-3-1-12(2-4-16)10-29(11-13(8-27)9-28)17-6-14(18(21,22)23)5-15(7-17)19(24,25)26/h1-7,11H,10H2. The largest absolute Gasteiger partial charge is 0.416 e. The number of hydrogen-bond donors (Lipinski definition) is 0. The summed E-state index contributed by atoms with van der Waals surface area (Å²) in [5.74, 6) is -0.594. The van der Waals surface area contributed by atoms with Crippen LogP contribution in [0.25, 0.3) is 0 Å². The number of allylic oxidation sites excluding steroid dienone is 1. The summed E-state index contributed by atoms with van der Waals surface area (Å²) >= 11 is 0. The van der Waals surface area contributed by atoms with Crippen LogP contribution < -0.4 is 4.90 Å². The van der Waals surface area contributed by atoms with Gasteiger partial charge in [0.2, 0.25) is 0 Å². The molecule has 0 heterocycles. The third-order valence-corrected chi connectivity index (χ3v) is 3.70. The fourth-order valence-corrected chi connectivity index (χ4v) is 2.34. The quantitative estimate of drug-likeness (QED) is 0.470. The molecule has 0 bridgehead atoms. The third kappa shape index (κ3) is 5.72. The van der Waals surface area contributed by atoms with Gasteiger partial charge in [-0.25, -0.2) is 4.39 Å². The second kappa shape index (κ2) is 8.23. The second-order valence-electron chi connectivity index (χ2n) is 5.78. The molecule has 0 radical (unpaired) electrons. The van der Waals surface area contributed by atoms with Crippen LogP contribution >= 0.6 is 0 Å². The van der Waals surface area contributed by atoms with E-state index in [9.17, 15) is 30.7 Å². The van der Waals surface area contributed by atoms with Crippen molar-refractivity contribution in [2.45, 2.75) is 18.9 Å². The molecular formula is C19H10F7N3. The number of halogens is 7. The molecule has 2 rings (SSSR count). The zero-order chi connectivity index (χ0) is 21.8. The van der Waals surface area contributed by atoms with E-state index in [4.69, 9.17) is 10.5 Å². The average Bonchev–Trinajstić information content (AvgIpc) is 2.65. The number of rotatable bonds is 4. The van der Waals surface area contributed by atoms with Crippen LogP contribution in [0, 0.1) is 28.5 Å². The number of nitrogens with zero attached hydrogens (tertiary/aromatic N) is 3. The fourth-order valence-electron chi connectivity index (χ4n) is 2.34. The lowest BCUT2D eigenvalue weighted by molar-refractivity contribution is -0.143. The third-order valence-electron chi connectivity index (χ3n) is 3.70. The summed E-state index contributed by atoms with van der Waals surface area (Å²) in [6, 6.07) is 8.55. The molecule has 3 nitrogen and oxygen atoms in total. The number of hydrogen-bond acceptors (Lipinski definition) is 3. The minimum atomic E-state index is -5.06. The molecule has 0 aromatic heterocycles. The van der Waals surface area contributed by atoms with Crippen molar-refractivity contribution in [2.75, 3.05) is 4.90 Å². The highest BCUT2D eigenvalue weighted by molar-refractivity contribution is 5.57. The van der Waals surface area contributed by atoms with Crippen molar-refractivity contribution in [3.8, 4) is 12.1 Å². The molecular weight excluding hydrogens is 403 g/mol. The Bertz CT molecular complexity index is 943. The first-order valence-corrected chi connectivity index (χ1v) is 7.76. The molecule has 0 aliphatic heterocycles. The number of nitriles is 2. The Balaban J connectivity index is 2.65. The van der Waals surface area contributed by atoms with Crippen LogP contribution in [-0.2, 0) is 18.9 Å². The van der Waals surface area contributed by atoms with Crippen molar-refractivity contribution in [3.05, 3.63) is 76.7 Å². The number of benzene rings is 2. The van der Waals surface area contributed by atoms with E-state index in [1.54, 1.807) is 0 Å². The lowest BCUT2D eigenvalue weighted by Crippen LogP contribution is -2.19. The van der Waals surface area contributed by atoms with E-state index in [0.717, 1.165) is 23.2 Å². The van der Waals surface area contributed by atoms with Gasteiger partial charge >= 0.3 is 12.4 Å². The van der Waals surface area contributed by atoms with Crippen LogP contribution in [0.4, 0.5) is 36.4 Å². The molecule has 2 aromatic rings. The molecule has 10 heteroatoms. The molecule has 29 heavy (non-hydrogen) atoms. The van der Waals surface area contributed by atoms with Gasteiger partial charge < -0.3 is 4.90 Å². The van der Waals surface area contributed by atoms with Gasteiger partial charge in [-0.2, -0.15) is 36.9 Å². The van der Waals surface area contributed by atoms with E-state index in [0.29, 0.717) is 17.7 Å². The first-order valence-electron chi connectivity index (χ1n) is 7.76. The molecule has 0 spiro atoms. The van der Waals surface area contributed by atoms with Crippen LogP contribution in [0.1, 0.15) is 16.7 Å². The predicted octanol–water partition coefficient (Wildman–Crippen LogP) is 5.80. The summed E-state index contributed by atoms with van der Waals surface area (Å²) in [6.45, 7) is -0.314. The molecule has 0 N–H and O–H groups in total. The monoisotopic (exact) mass is 413 g/mol. The van der Waals surface area contributed by atoms with Crippen molar-refractivity contribution in [1.82, 2.24) is 0 Å². The highest BCUT2D eigenvalue weighted by Crippen LogP contribution is 2.38. The molecule has 0 unspecified atom stereocenters. The van der Waals surface area contributed by atoms with Gasteiger partial charge in [0.05, 0.1) is 11.1 Å². The Morgan fingerprint density at radius 2 is 1.34 bits per heavy atom. The maximum Gasteiger partial charge on any atom is 0.416 e. The highest BCUT2D eigenvalue weighted by atomic mass is 19.4. The van der Waals surface area contributed by atoms with Gasteiger partial charge in [-0.15, -0.1) is 0 Å². The first-order chi connectivity index (χ1) is 13.4. The molecule has 0 amide bonds. The highest BCUT2D eigenvalue weighted by Gasteiger charge is 2.37. The van der Waals surface area contributed by atoms with E-state index in [2.05, 4.69) is 0 Å². The van der Waals surface area contributed by atoms with E-state index in [-0.39, 0.29) is 12.6 Å². The molecule has 0 aliphatic carbocycles. The van der Waals surface area contributed by atoms with Gasteiger partial charge in [-0.1, -0.05) is 12.1 Å². The summed E-state index contributed by atoms with van der Waals surface area (Å²) in [5.41, 5.74) is -3.85. The van der Waals surface area contributed by atoms with Gasteiger partial charge in [0.15, 0.2) is 0 Å². The number of anilines is 1. The zero-order valence-corrected chi connectivity index (χ0v) is 14.3. The van der Waals surface area contributed by atoms with Crippen LogP contribution in [0.5, 0.6) is 0 Å². The molecule has 0 fully saturated rings. The van der Waals surface area contributed by atoms with Crippen molar-refractivity contribution < 1.29 is 30.7 Å². The number of alkyl halides is 6. The van der Waals surface area contributed by atoms with E-state index >= 15 is 0 Å². The molecule has 2 aromatic carbocycles. The Morgan fingerprint density at radius 1 is 0.862 bits per heavy atom. The summed E-state index contributed by atoms with van der Waals surface area (Å²) in [5, 5.41) is 17.8. The Kier molecular flexibility index (Phi) is 6.18. The van der Waals surface area contributed by atoms with E-state index < -0.39 is 40.6 Å². The Morgan fingerprint density at radius 3 is 1.76 bits per heavy atom. The average molecular weight is 413 g/mol. The molecule has 0 aliphatic rings. The zero-order valence-electron chi connectivity index (χ0n) is 14.3. The topological polar surface area (TPSA) is 50.8 Å². The summed E-state index contributed by atoms with van der Waals surface area (Å²) < 4.78 is 91.8. The van der Waals surface area contributed by atoms with Crippen LogP contribution in [0.15, 0.2) is 54.2 Å². The summed E-state index contributed by atoms with van der Waals surface area (Å²) in [6.07, 6.45) is -9.29. The lowest BCUT2D eigenvalue weighted by Gasteiger charge is -2.23. The summed E-state index contributed by atoms with van der Waals surface area (Å²) in [4.78, 5) is 0.888. The van der Waals surface area contributed by atoms with Crippen LogP contribution in [-0.4, -0.2) is 0 Å². The van der Waals surface area contributed by atoms with Gasteiger partial charge in [-0.3, -0.25) is 0 Å². The lowest BCUT2D eigenvalue weighted by atomic mass is 10.1. The second-order valence-corrected chi connectivity index (χ2v) is 5.78. The SMILES string of the molecule is N#CC(C#N)=CN(Cc1ccc(F)cc1)c1cc(C(F)(F)F)cc(C(F)(F)F)c1. The molecule has 0 atom stereocenters. The van der Waals surface area contributed by atoms with Crippen molar-refractivity contribution >= 4 is 5.69 Å². The maximum atomic E-state index is 13.1. The van der Waals surface area contributed by atoms with Crippen molar-refractivity contribution in [1.29, 1.82) is 10.5 Å². The van der Waals surface area contributed by atoms with Gasteiger partial charge in [0.1, 0.15) is 23.5 Å². The smallest absolute Gasteiger partial charge is 0.341 e. The van der Waals surface area contributed by atoms with Crippen LogP contribution in [0.2, 0.25) is 0 Å². The molecule has 0 saturated carbocycles. The van der Waals surface area contributed by atoms with Gasteiger partial charge in [-0.05, 0) is 35.9 Å². The summed E-state index contributed by atoms with van der Waals surface area (Å²) in [7, 11) is 0. The Labute approximate surface area is 160 Å². The predicted molar refractivity (Wildman–Crippen MR) is 88.3 cm³/mol. The van der Waals surface area contributed by atoms with Gasteiger partial charge in [0, 0.05) is 18.4 Å². The molecule has 150 valence electrons. The maximum absolute atomic E-state index is 13.1. The normalized spacial score (nSPS) is 11.3. The van der Waals surface area contributed by atoms with Crippen molar-refractivity contribution in [2.24, 2.45) is 0 Å². The van der Waals surface area contributed by atoms with E-state index in [1.807, 2.05) is 0 Å².